The lowest BCUT2D eigenvalue weighted by atomic mass is 10.00. The largest absolute Gasteiger partial charge is 0.316 e. The molecule has 1 aliphatic carbocycles. The Bertz CT molecular complexity index is 346. The molecule has 2 aliphatic rings. The van der Waals surface area contributed by atoms with Crippen LogP contribution < -0.4 is 5.32 Å². The molecule has 0 radical (unpaired) electrons. The molecule has 2 fully saturated rings. The van der Waals surface area contributed by atoms with Gasteiger partial charge in [-0.15, -0.1) is 0 Å². The van der Waals surface area contributed by atoms with E-state index in [0.717, 1.165) is 45.3 Å². The fraction of sp³-hybridized carbons (Fsp3) is 1.00. The Hall–Kier alpha value is -0.130. The maximum absolute atomic E-state index is 12.4. The zero-order valence-corrected chi connectivity index (χ0v) is 12.2. The second-order valence-corrected chi connectivity index (χ2v) is 7.72. The van der Waals surface area contributed by atoms with Crippen LogP contribution in [0.1, 0.15) is 45.4 Å². The predicted molar refractivity (Wildman–Crippen MR) is 74.0 cm³/mol. The molecule has 0 aromatic heterocycles. The Labute approximate surface area is 111 Å². The Kier molecular flexibility index (Phi) is 5.04. The fourth-order valence-electron chi connectivity index (χ4n) is 2.63. The van der Waals surface area contributed by atoms with Gasteiger partial charge in [0.05, 0.1) is 5.75 Å². The molecule has 1 aliphatic heterocycles. The molecule has 1 saturated carbocycles. The smallest absolute Gasteiger partial charge is 0.214 e. The monoisotopic (exact) mass is 274 g/mol. The van der Waals surface area contributed by atoms with E-state index in [1.807, 2.05) is 11.2 Å². The van der Waals surface area contributed by atoms with Gasteiger partial charge < -0.3 is 5.32 Å². The van der Waals surface area contributed by atoms with Gasteiger partial charge in [-0.05, 0) is 51.1 Å². The molecule has 0 spiro atoms. The molecule has 0 amide bonds. The van der Waals surface area contributed by atoms with Crippen LogP contribution in [0.2, 0.25) is 0 Å². The van der Waals surface area contributed by atoms with Gasteiger partial charge in [0.1, 0.15) is 0 Å². The first-order chi connectivity index (χ1) is 8.63. The summed E-state index contributed by atoms with van der Waals surface area (Å²) in [6.45, 7) is 4.85. The summed E-state index contributed by atoms with van der Waals surface area (Å²) in [6, 6.07) is 0.314. The van der Waals surface area contributed by atoms with Crippen molar-refractivity contribution in [2.75, 3.05) is 25.4 Å². The molecule has 1 heterocycles. The van der Waals surface area contributed by atoms with Crippen LogP contribution in [0.25, 0.3) is 0 Å². The van der Waals surface area contributed by atoms with Crippen molar-refractivity contribution >= 4 is 10.0 Å². The highest BCUT2D eigenvalue weighted by Crippen LogP contribution is 2.31. The van der Waals surface area contributed by atoms with E-state index in [1.54, 1.807) is 0 Å². The first-order valence-corrected chi connectivity index (χ1v) is 8.94. The summed E-state index contributed by atoms with van der Waals surface area (Å²) in [5.41, 5.74) is 0. The van der Waals surface area contributed by atoms with Crippen LogP contribution in [0, 0.1) is 5.92 Å². The quantitative estimate of drug-likeness (QED) is 0.767. The van der Waals surface area contributed by atoms with E-state index in [9.17, 15) is 8.42 Å². The molecule has 1 saturated heterocycles. The first kappa shape index (κ1) is 14.3. The Morgan fingerprint density at radius 3 is 2.61 bits per heavy atom. The average molecular weight is 274 g/mol. The number of rotatable bonds is 7. The zero-order chi connectivity index (χ0) is 13.0. The van der Waals surface area contributed by atoms with Crippen molar-refractivity contribution in [3.63, 3.8) is 0 Å². The van der Waals surface area contributed by atoms with E-state index in [1.165, 1.54) is 12.8 Å². The Morgan fingerprint density at radius 1 is 1.28 bits per heavy atom. The predicted octanol–water partition coefficient (Wildman–Crippen LogP) is 1.58. The molecule has 5 heteroatoms. The highest BCUT2D eigenvalue weighted by molar-refractivity contribution is 7.89. The number of sulfonamides is 1. The molecule has 1 N–H and O–H groups in total. The average Bonchev–Trinajstić information content (AvgIpc) is 3.19. The minimum atomic E-state index is -3.02. The fourth-order valence-corrected chi connectivity index (χ4v) is 4.62. The van der Waals surface area contributed by atoms with Crippen molar-refractivity contribution in [1.82, 2.24) is 9.62 Å². The van der Waals surface area contributed by atoms with Crippen LogP contribution in [0.15, 0.2) is 0 Å². The van der Waals surface area contributed by atoms with Gasteiger partial charge in [-0.3, -0.25) is 0 Å². The van der Waals surface area contributed by atoms with Crippen molar-refractivity contribution in [1.29, 1.82) is 0 Å². The summed E-state index contributed by atoms with van der Waals surface area (Å²) in [5, 5.41) is 3.37. The molecule has 0 bridgehead atoms. The lowest BCUT2D eigenvalue weighted by Crippen LogP contribution is -2.43. The third kappa shape index (κ3) is 3.93. The lowest BCUT2D eigenvalue weighted by Gasteiger charge is -2.29. The zero-order valence-electron chi connectivity index (χ0n) is 11.4. The third-order valence-corrected chi connectivity index (χ3v) is 5.87. The molecular weight excluding hydrogens is 248 g/mol. The molecular formula is C13H26N2O2S. The number of nitrogens with one attached hydrogen (secondary N) is 1. The highest BCUT2D eigenvalue weighted by Gasteiger charge is 2.38. The van der Waals surface area contributed by atoms with Crippen LogP contribution in [-0.4, -0.2) is 44.2 Å². The van der Waals surface area contributed by atoms with Crippen LogP contribution in [0.3, 0.4) is 0 Å². The van der Waals surface area contributed by atoms with Crippen LogP contribution in [-0.2, 0) is 10.0 Å². The summed E-state index contributed by atoms with van der Waals surface area (Å²) < 4.78 is 26.5. The lowest BCUT2D eigenvalue weighted by molar-refractivity contribution is 0.286. The van der Waals surface area contributed by atoms with Crippen molar-refractivity contribution in [3.05, 3.63) is 0 Å². The Morgan fingerprint density at radius 2 is 2.06 bits per heavy atom. The van der Waals surface area contributed by atoms with E-state index in [-0.39, 0.29) is 0 Å². The van der Waals surface area contributed by atoms with Crippen molar-refractivity contribution < 1.29 is 8.42 Å². The number of unbranched alkanes of at least 4 members (excludes halogenated alkanes) is 1. The maximum atomic E-state index is 12.4. The molecule has 1 unspecified atom stereocenters. The third-order valence-electron chi connectivity index (χ3n) is 3.90. The highest BCUT2D eigenvalue weighted by atomic mass is 32.2. The summed E-state index contributed by atoms with van der Waals surface area (Å²) in [6.07, 6.45) is 6.20. The SMILES string of the molecule is CCCCS(=O)(=O)N(CC1CCCNC1)C1CC1. The van der Waals surface area contributed by atoms with E-state index < -0.39 is 10.0 Å². The molecule has 18 heavy (non-hydrogen) atoms. The number of hydrogen-bond acceptors (Lipinski definition) is 3. The minimum absolute atomic E-state index is 0.314. The van der Waals surface area contributed by atoms with Gasteiger partial charge in [0.15, 0.2) is 0 Å². The number of piperidine rings is 1. The normalized spacial score (nSPS) is 25.6. The van der Waals surface area contributed by atoms with Gasteiger partial charge in [0.25, 0.3) is 0 Å². The van der Waals surface area contributed by atoms with Crippen molar-refractivity contribution in [2.45, 2.75) is 51.5 Å². The van der Waals surface area contributed by atoms with Crippen molar-refractivity contribution in [3.8, 4) is 0 Å². The van der Waals surface area contributed by atoms with Gasteiger partial charge >= 0.3 is 0 Å². The van der Waals surface area contributed by atoms with Gasteiger partial charge in [-0.25, -0.2) is 8.42 Å². The molecule has 4 nitrogen and oxygen atoms in total. The summed E-state index contributed by atoms with van der Waals surface area (Å²) >= 11 is 0. The maximum Gasteiger partial charge on any atom is 0.214 e. The number of nitrogens with zero attached hydrogens (tertiary/aromatic N) is 1. The second-order valence-electron chi connectivity index (χ2n) is 5.68. The first-order valence-electron chi connectivity index (χ1n) is 7.33. The summed E-state index contributed by atoms with van der Waals surface area (Å²) in [4.78, 5) is 0. The van der Waals surface area contributed by atoms with Crippen LogP contribution in [0.4, 0.5) is 0 Å². The summed E-state index contributed by atoms with van der Waals surface area (Å²) in [5.74, 6) is 0.843. The minimum Gasteiger partial charge on any atom is -0.316 e. The van der Waals surface area contributed by atoms with Crippen molar-refractivity contribution in [2.24, 2.45) is 5.92 Å². The van der Waals surface area contributed by atoms with Gasteiger partial charge in [0.2, 0.25) is 10.0 Å². The Balaban J connectivity index is 1.94. The number of hydrogen-bond donors (Lipinski definition) is 1. The van der Waals surface area contributed by atoms with Crippen LogP contribution >= 0.6 is 0 Å². The van der Waals surface area contributed by atoms with Gasteiger partial charge in [0, 0.05) is 12.6 Å². The standard InChI is InChI=1S/C13H26N2O2S/c1-2-3-9-18(16,17)15(13-6-7-13)11-12-5-4-8-14-10-12/h12-14H,2-11H2,1H3. The second kappa shape index (κ2) is 6.35. The van der Waals surface area contributed by atoms with Crippen LogP contribution in [0.5, 0.6) is 0 Å². The van der Waals surface area contributed by atoms with E-state index in [0.29, 0.717) is 17.7 Å². The molecule has 1 atom stereocenters. The molecule has 2 rings (SSSR count). The topological polar surface area (TPSA) is 49.4 Å². The molecule has 0 aromatic carbocycles. The van der Waals surface area contributed by atoms with E-state index in [2.05, 4.69) is 5.32 Å². The van der Waals surface area contributed by atoms with Gasteiger partial charge in [-0.1, -0.05) is 13.3 Å². The van der Waals surface area contributed by atoms with E-state index >= 15 is 0 Å². The molecule has 0 aromatic rings. The summed E-state index contributed by atoms with van der Waals surface area (Å²) in [7, 11) is -3.02. The van der Waals surface area contributed by atoms with E-state index in [4.69, 9.17) is 0 Å². The van der Waals surface area contributed by atoms with Gasteiger partial charge in [-0.2, -0.15) is 4.31 Å². The molecule has 106 valence electrons.